The Labute approximate surface area is 151 Å². The number of benzene rings is 2. The highest BCUT2D eigenvalue weighted by atomic mass is 16.6. The van der Waals surface area contributed by atoms with Crippen LogP contribution in [-0.4, -0.2) is 25.2 Å². The highest BCUT2D eigenvalue weighted by Crippen LogP contribution is 2.21. The van der Waals surface area contributed by atoms with Crippen molar-refractivity contribution in [2.75, 3.05) is 13.2 Å². The van der Waals surface area contributed by atoms with Crippen molar-refractivity contribution in [1.82, 2.24) is 5.32 Å². The first-order chi connectivity index (χ1) is 12.5. The van der Waals surface area contributed by atoms with Gasteiger partial charge >= 0.3 is 6.09 Å². The van der Waals surface area contributed by atoms with Crippen LogP contribution in [0.5, 0.6) is 5.75 Å². The standard InChI is InChI=1S/C19H19N3O4/c1-14(2)18(23)20-19(24)26-13-12-25-17-10-8-16(9-11-17)22-21-15-6-4-3-5-7-15/h3-11H,1,12-13H2,2H3,(H,20,23,24). The van der Waals surface area contributed by atoms with Gasteiger partial charge in [-0.15, -0.1) is 0 Å². The quantitative estimate of drug-likeness (QED) is 0.456. The molecule has 0 saturated carbocycles. The number of imide groups is 1. The number of amides is 2. The second kappa shape index (κ2) is 9.73. The molecular formula is C19H19N3O4. The van der Waals surface area contributed by atoms with Gasteiger partial charge < -0.3 is 9.47 Å². The Morgan fingerprint density at radius 1 is 0.962 bits per heavy atom. The van der Waals surface area contributed by atoms with E-state index in [2.05, 4.69) is 16.8 Å². The average molecular weight is 353 g/mol. The molecule has 2 aromatic rings. The Kier molecular flexibility index (Phi) is 7.05. The van der Waals surface area contributed by atoms with Gasteiger partial charge in [0.05, 0.1) is 11.4 Å². The average Bonchev–Trinajstić information content (AvgIpc) is 2.65. The van der Waals surface area contributed by atoms with Crippen LogP contribution in [0.4, 0.5) is 16.2 Å². The molecule has 0 bridgehead atoms. The molecule has 0 aromatic heterocycles. The molecule has 7 nitrogen and oxygen atoms in total. The minimum absolute atomic E-state index is 0.00473. The van der Waals surface area contributed by atoms with E-state index in [1.807, 2.05) is 35.6 Å². The van der Waals surface area contributed by atoms with Crippen LogP contribution in [0, 0.1) is 0 Å². The molecular weight excluding hydrogens is 334 g/mol. The smallest absolute Gasteiger partial charge is 0.414 e. The molecule has 7 heteroatoms. The van der Waals surface area contributed by atoms with Crippen LogP contribution >= 0.6 is 0 Å². The van der Waals surface area contributed by atoms with E-state index < -0.39 is 12.0 Å². The van der Waals surface area contributed by atoms with Gasteiger partial charge in [0.25, 0.3) is 5.91 Å². The van der Waals surface area contributed by atoms with Crippen molar-refractivity contribution in [2.45, 2.75) is 6.92 Å². The maximum Gasteiger partial charge on any atom is 0.414 e. The van der Waals surface area contributed by atoms with Gasteiger partial charge in [-0.3, -0.25) is 10.1 Å². The number of hydrogen-bond acceptors (Lipinski definition) is 6. The van der Waals surface area contributed by atoms with Crippen LogP contribution in [0.1, 0.15) is 6.92 Å². The molecule has 0 saturated heterocycles. The number of azo groups is 1. The highest BCUT2D eigenvalue weighted by Gasteiger charge is 2.08. The second-order valence-electron chi connectivity index (χ2n) is 5.25. The maximum atomic E-state index is 11.3. The van der Waals surface area contributed by atoms with E-state index in [1.54, 1.807) is 24.3 Å². The van der Waals surface area contributed by atoms with E-state index in [-0.39, 0.29) is 18.8 Å². The third-order valence-corrected chi connectivity index (χ3v) is 3.06. The Morgan fingerprint density at radius 2 is 1.58 bits per heavy atom. The zero-order chi connectivity index (χ0) is 18.8. The zero-order valence-electron chi connectivity index (χ0n) is 14.3. The Bertz CT molecular complexity index is 786. The predicted octanol–water partition coefficient (Wildman–Crippen LogP) is 4.31. The molecule has 0 atom stereocenters. The first kappa shape index (κ1) is 18.9. The summed E-state index contributed by atoms with van der Waals surface area (Å²) in [4.78, 5) is 22.6. The van der Waals surface area contributed by atoms with E-state index in [0.29, 0.717) is 11.4 Å². The van der Waals surface area contributed by atoms with E-state index in [1.165, 1.54) is 6.92 Å². The molecule has 0 radical (unpaired) electrons. The van der Waals surface area contributed by atoms with Crippen LogP contribution in [-0.2, 0) is 9.53 Å². The lowest BCUT2D eigenvalue weighted by atomic mass is 10.3. The molecule has 0 fully saturated rings. The topological polar surface area (TPSA) is 89.4 Å². The number of hydrogen-bond donors (Lipinski definition) is 1. The number of nitrogens with one attached hydrogen (secondary N) is 1. The predicted molar refractivity (Wildman–Crippen MR) is 96.9 cm³/mol. The summed E-state index contributed by atoms with van der Waals surface area (Å²) in [5, 5.41) is 10.3. The van der Waals surface area contributed by atoms with Crippen molar-refractivity contribution in [2.24, 2.45) is 10.2 Å². The number of rotatable bonds is 7. The second-order valence-corrected chi connectivity index (χ2v) is 5.25. The van der Waals surface area contributed by atoms with Gasteiger partial charge in [-0.1, -0.05) is 24.8 Å². The van der Waals surface area contributed by atoms with Gasteiger partial charge in [-0.25, -0.2) is 4.79 Å². The lowest BCUT2D eigenvalue weighted by Gasteiger charge is -2.08. The van der Waals surface area contributed by atoms with Crippen LogP contribution in [0.25, 0.3) is 0 Å². The third kappa shape index (κ3) is 6.56. The van der Waals surface area contributed by atoms with E-state index >= 15 is 0 Å². The molecule has 0 aliphatic rings. The molecule has 26 heavy (non-hydrogen) atoms. The van der Waals surface area contributed by atoms with Gasteiger partial charge in [0.1, 0.15) is 19.0 Å². The lowest BCUT2D eigenvalue weighted by Crippen LogP contribution is -2.32. The fourth-order valence-electron chi connectivity index (χ4n) is 1.75. The molecule has 2 amide bonds. The molecule has 0 heterocycles. The van der Waals surface area contributed by atoms with Crippen LogP contribution in [0.3, 0.4) is 0 Å². The van der Waals surface area contributed by atoms with Crippen molar-refractivity contribution < 1.29 is 19.1 Å². The number of alkyl carbamates (subject to hydrolysis) is 1. The minimum Gasteiger partial charge on any atom is -0.490 e. The fourth-order valence-corrected chi connectivity index (χ4v) is 1.75. The minimum atomic E-state index is -0.835. The lowest BCUT2D eigenvalue weighted by molar-refractivity contribution is -0.116. The van der Waals surface area contributed by atoms with Crippen molar-refractivity contribution >= 4 is 23.4 Å². The zero-order valence-corrected chi connectivity index (χ0v) is 14.3. The summed E-state index contributed by atoms with van der Waals surface area (Å²) < 4.78 is 10.3. The van der Waals surface area contributed by atoms with Crippen molar-refractivity contribution in [3.63, 3.8) is 0 Å². The molecule has 0 aliphatic heterocycles. The number of carbonyl (C=O) groups is 2. The van der Waals surface area contributed by atoms with Gasteiger partial charge in [0.2, 0.25) is 0 Å². The van der Waals surface area contributed by atoms with Crippen molar-refractivity contribution in [1.29, 1.82) is 0 Å². The Morgan fingerprint density at radius 3 is 2.19 bits per heavy atom. The summed E-state index contributed by atoms with van der Waals surface area (Å²) in [6.07, 6.45) is -0.835. The van der Waals surface area contributed by atoms with Crippen LogP contribution < -0.4 is 10.1 Å². The number of carbonyl (C=O) groups excluding carboxylic acids is 2. The molecule has 2 aromatic carbocycles. The molecule has 0 spiro atoms. The first-order valence-electron chi connectivity index (χ1n) is 7.88. The summed E-state index contributed by atoms with van der Waals surface area (Å²) in [5.74, 6) is 0.0295. The highest BCUT2D eigenvalue weighted by molar-refractivity contribution is 6.01. The summed E-state index contributed by atoms with van der Waals surface area (Å²) in [6, 6.07) is 16.4. The SMILES string of the molecule is C=C(C)C(=O)NC(=O)OCCOc1ccc(N=Nc2ccccc2)cc1. The van der Waals surface area contributed by atoms with Crippen LogP contribution in [0.2, 0.25) is 0 Å². The van der Waals surface area contributed by atoms with Crippen molar-refractivity contribution in [3.05, 3.63) is 66.7 Å². The van der Waals surface area contributed by atoms with E-state index in [9.17, 15) is 9.59 Å². The number of nitrogens with zero attached hydrogens (tertiary/aromatic N) is 2. The van der Waals surface area contributed by atoms with Gasteiger partial charge in [-0.2, -0.15) is 10.2 Å². The van der Waals surface area contributed by atoms with Gasteiger partial charge in [0, 0.05) is 5.57 Å². The van der Waals surface area contributed by atoms with Gasteiger partial charge in [-0.05, 0) is 43.3 Å². The molecule has 134 valence electrons. The van der Waals surface area contributed by atoms with E-state index in [4.69, 9.17) is 9.47 Å². The summed E-state index contributed by atoms with van der Waals surface area (Å²) in [6.45, 7) is 5.07. The Hall–Kier alpha value is -3.48. The molecule has 1 N–H and O–H groups in total. The maximum absolute atomic E-state index is 11.3. The molecule has 2 rings (SSSR count). The monoisotopic (exact) mass is 353 g/mol. The van der Waals surface area contributed by atoms with Crippen LogP contribution in [0.15, 0.2) is 77.0 Å². The summed E-state index contributed by atoms with van der Waals surface area (Å²) in [5.41, 5.74) is 1.69. The molecule has 0 aliphatic carbocycles. The third-order valence-electron chi connectivity index (χ3n) is 3.06. The molecule has 0 unspecified atom stereocenters. The largest absolute Gasteiger partial charge is 0.490 e. The summed E-state index contributed by atoms with van der Waals surface area (Å²) >= 11 is 0. The Balaban J connectivity index is 1.72. The fraction of sp³-hybridized carbons (Fsp3) is 0.158. The van der Waals surface area contributed by atoms with E-state index in [0.717, 1.165) is 5.69 Å². The van der Waals surface area contributed by atoms with Crippen molar-refractivity contribution in [3.8, 4) is 5.75 Å². The normalized spacial score (nSPS) is 10.3. The number of ether oxygens (including phenoxy) is 2. The summed E-state index contributed by atoms with van der Waals surface area (Å²) in [7, 11) is 0. The first-order valence-corrected chi connectivity index (χ1v) is 7.88. The van der Waals surface area contributed by atoms with Gasteiger partial charge in [0.15, 0.2) is 0 Å².